The molecular weight excluding hydrogens is 388 g/mol. The molecule has 1 N–H and O–H groups in total. The van der Waals surface area contributed by atoms with Gasteiger partial charge in [0.1, 0.15) is 6.54 Å². The Bertz CT molecular complexity index is 1150. The predicted octanol–water partition coefficient (Wildman–Crippen LogP) is 4.32. The van der Waals surface area contributed by atoms with E-state index < -0.39 is 0 Å². The van der Waals surface area contributed by atoms with Gasteiger partial charge in [-0.1, -0.05) is 17.7 Å². The van der Waals surface area contributed by atoms with E-state index in [-0.39, 0.29) is 18.0 Å². The third-order valence-electron chi connectivity index (χ3n) is 5.44. The van der Waals surface area contributed by atoms with Crippen molar-refractivity contribution >= 4 is 17.3 Å². The SMILES string of the molecule is CCN(CC)c1ccc(NC(=O)Cn2nc(-c3cc(C)ccc3C)ccc2=O)c(C)c1. The van der Waals surface area contributed by atoms with Gasteiger partial charge in [0.15, 0.2) is 0 Å². The summed E-state index contributed by atoms with van der Waals surface area (Å²) in [7, 11) is 0. The zero-order valence-corrected chi connectivity index (χ0v) is 18.9. The number of aromatic nitrogens is 2. The number of amides is 1. The van der Waals surface area contributed by atoms with Crippen molar-refractivity contribution in [2.45, 2.75) is 41.2 Å². The highest BCUT2D eigenvalue weighted by Crippen LogP contribution is 2.23. The van der Waals surface area contributed by atoms with E-state index in [1.54, 1.807) is 6.07 Å². The van der Waals surface area contributed by atoms with Gasteiger partial charge in [-0.25, -0.2) is 4.68 Å². The number of anilines is 2. The van der Waals surface area contributed by atoms with Gasteiger partial charge >= 0.3 is 0 Å². The maximum atomic E-state index is 12.7. The summed E-state index contributed by atoms with van der Waals surface area (Å²) in [5.74, 6) is -0.286. The minimum atomic E-state index is -0.308. The Morgan fingerprint density at radius 3 is 2.39 bits per heavy atom. The smallest absolute Gasteiger partial charge is 0.267 e. The van der Waals surface area contributed by atoms with E-state index in [4.69, 9.17) is 0 Å². The van der Waals surface area contributed by atoms with Crippen molar-refractivity contribution in [2.75, 3.05) is 23.3 Å². The Morgan fingerprint density at radius 1 is 0.968 bits per heavy atom. The molecule has 0 aliphatic carbocycles. The van der Waals surface area contributed by atoms with Gasteiger partial charge in [0, 0.05) is 36.1 Å². The third kappa shape index (κ3) is 5.20. The molecule has 6 nitrogen and oxygen atoms in total. The molecule has 1 aromatic heterocycles. The molecule has 6 heteroatoms. The van der Waals surface area contributed by atoms with Gasteiger partial charge in [0.05, 0.1) is 5.69 Å². The van der Waals surface area contributed by atoms with Crippen LogP contribution in [0.1, 0.15) is 30.5 Å². The minimum Gasteiger partial charge on any atom is -0.372 e. The van der Waals surface area contributed by atoms with Crippen LogP contribution < -0.4 is 15.8 Å². The maximum Gasteiger partial charge on any atom is 0.267 e. The molecule has 1 heterocycles. The normalized spacial score (nSPS) is 10.7. The van der Waals surface area contributed by atoms with Crippen LogP contribution in [0.3, 0.4) is 0 Å². The van der Waals surface area contributed by atoms with E-state index >= 15 is 0 Å². The summed E-state index contributed by atoms with van der Waals surface area (Å²) < 4.78 is 1.21. The number of carbonyl (C=O) groups excluding carboxylic acids is 1. The van der Waals surface area contributed by atoms with Gasteiger partial charge in [0.2, 0.25) is 5.91 Å². The molecule has 0 spiro atoms. The maximum absolute atomic E-state index is 12.7. The first-order valence-corrected chi connectivity index (χ1v) is 10.6. The molecule has 0 aliphatic rings. The fraction of sp³-hybridized carbons (Fsp3) is 0.320. The average Bonchev–Trinajstić information content (AvgIpc) is 2.74. The van der Waals surface area contributed by atoms with E-state index in [1.807, 2.05) is 51.1 Å². The first kappa shape index (κ1) is 22.3. The van der Waals surface area contributed by atoms with Crippen LogP contribution in [0.15, 0.2) is 53.3 Å². The van der Waals surface area contributed by atoms with Gasteiger partial charge in [-0.2, -0.15) is 5.10 Å². The number of rotatable bonds is 7. The molecular formula is C25H30N4O2. The van der Waals surface area contributed by atoms with Gasteiger partial charge in [-0.15, -0.1) is 0 Å². The van der Waals surface area contributed by atoms with Crippen molar-refractivity contribution in [1.82, 2.24) is 9.78 Å². The van der Waals surface area contributed by atoms with E-state index in [0.29, 0.717) is 5.69 Å². The van der Waals surface area contributed by atoms with Crippen molar-refractivity contribution in [3.63, 3.8) is 0 Å². The van der Waals surface area contributed by atoms with Crippen molar-refractivity contribution in [3.8, 4) is 11.3 Å². The van der Waals surface area contributed by atoms with Crippen LogP contribution in [0.25, 0.3) is 11.3 Å². The van der Waals surface area contributed by atoms with E-state index in [9.17, 15) is 9.59 Å². The van der Waals surface area contributed by atoms with Crippen LogP contribution in [0.5, 0.6) is 0 Å². The molecule has 0 saturated carbocycles. The largest absolute Gasteiger partial charge is 0.372 e. The lowest BCUT2D eigenvalue weighted by atomic mass is 10.0. The summed E-state index contributed by atoms with van der Waals surface area (Å²) >= 11 is 0. The first-order chi connectivity index (χ1) is 14.8. The van der Waals surface area contributed by atoms with E-state index in [1.165, 1.54) is 10.7 Å². The molecule has 3 aromatic rings. The van der Waals surface area contributed by atoms with E-state index in [0.717, 1.165) is 46.7 Å². The summed E-state index contributed by atoms with van der Waals surface area (Å²) in [6, 6.07) is 15.2. The molecule has 0 fully saturated rings. The fourth-order valence-corrected chi connectivity index (χ4v) is 3.62. The lowest BCUT2D eigenvalue weighted by Crippen LogP contribution is -2.29. The highest BCUT2D eigenvalue weighted by atomic mass is 16.2. The number of nitrogens with one attached hydrogen (secondary N) is 1. The summed E-state index contributed by atoms with van der Waals surface area (Å²) in [5, 5.41) is 7.36. The number of hydrogen-bond donors (Lipinski definition) is 1. The van der Waals surface area contributed by atoms with Crippen LogP contribution in [0.4, 0.5) is 11.4 Å². The molecule has 0 bridgehead atoms. The molecule has 162 valence electrons. The van der Waals surface area contributed by atoms with Crippen molar-refractivity contribution in [3.05, 3.63) is 75.6 Å². The predicted molar refractivity (Wildman–Crippen MR) is 127 cm³/mol. The molecule has 0 atom stereocenters. The topological polar surface area (TPSA) is 67.2 Å². The Kier molecular flexibility index (Phi) is 6.90. The van der Waals surface area contributed by atoms with Crippen molar-refractivity contribution in [1.29, 1.82) is 0 Å². The Hall–Kier alpha value is -3.41. The number of hydrogen-bond acceptors (Lipinski definition) is 4. The second kappa shape index (κ2) is 9.60. The van der Waals surface area contributed by atoms with Crippen LogP contribution in [0.2, 0.25) is 0 Å². The van der Waals surface area contributed by atoms with Gasteiger partial charge in [-0.05, 0) is 76.1 Å². The molecule has 0 saturated heterocycles. The van der Waals surface area contributed by atoms with Crippen LogP contribution in [-0.2, 0) is 11.3 Å². The molecule has 31 heavy (non-hydrogen) atoms. The van der Waals surface area contributed by atoms with Gasteiger partial charge < -0.3 is 10.2 Å². The van der Waals surface area contributed by atoms with Gasteiger partial charge in [0.25, 0.3) is 5.56 Å². The number of carbonyl (C=O) groups is 1. The summed E-state index contributed by atoms with van der Waals surface area (Å²) in [4.78, 5) is 27.2. The monoisotopic (exact) mass is 418 g/mol. The fourth-order valence-electron chi connectivity index (χ4n) is 3.62. The first-order valence-electron chi connectivity index (χ1n) is 10.6. The highest BCUT2D eigenvalue weighted by Gasteiger charge is 2.12. The zero-order chi connectivity index (χ0) is 22.5. The Labute approximate surface area is 183 Å². The lowest BCUT2D eigenvalue weighted by molar-refractivity contribution is -0.117. The summed E-state index contributed by atoms with van der Waals surface area (Å²) in [6.07, 6.45) is 0. The molecule has 3 rings (SSSR count). The quantitative estimate of drug-likeness (QED) is 0.620. The summed E-state index contributed by atoms with van der Waals surface area (Å²) in [6.45, 7) is 11.9. The molecule has 0 aliphatic heterocycles. The highest BCUT2D eigenvalue weighted by molar-refractivity contribution is 5.91. The molecule has 0 radical (unpaired) electrons. The average molecular weight is 419 g/mol. The van der Waals surface area contributed by atoms with Crippen molar-refractivity contribution in [2.24, 2.45) is 0 Å². The van der Waals surface area contributed by atoms with Crippen LogP contribution in [-0.4, -0.2) is 28.8 Å². The van der Waals surface area contributed by atoms with Gasteiger partial charge in [-0.3, -0.25) is 9.59 Å². The second-order valence-electron chi connectivity index (χ2n) is 7.75. The van der Waals surface area contributed by atoms with E-state index in [2.05, 4.69) is 35.2 Å². The number of benzene rings is 2. The number of nitrogens with zero attached hydrogens (tertiary/aromatic N) is 3. The van der Waals surface area contributed by atoms with Crippen molar-refractivity contribution < 1.29 is 4.79 Å². The standard InChI is InChI=1S/C25H30N4O2/c1-6-28(7-2)20-10-11-22(19(5)15-20)26-24(30)16-29-25(31)13-12-23(27-29)21-14-17(3)8-9-18(21)4/h8-15H,6-7,16H2,1-5H3,(H,26,30). The third-order valence-corrected chi connectivity index (χ3v) is 5.44. The number of aryl methyl sites for hydroxylation is 3. The van der Waals surface area contributed by atoms with Crippen LogP contribution in [0, 0.1) is 20.8 Å². The Balaban J connectivity index is 1.79. The second-order valence-corrected chi connectivity index (χ2v) is 7.75. The minimum absolute atomic E-state index is 0.144. The zero-order valence-electron chi connectivity index (χ0n) is 18.9. The Morgan fingerprint density at radius 2 is 1.71 bits per heavy atom. The van der Waals surface area contributed by atoms with Crippen LogP contribution >= 0.6 is 0 Å². The molecule has 2 aromatic carbocycles. The lowest BCUT2D eigenvalue weighted by Gasteiger charge is -2.22. The summed E-state index contributed by atoms with van der Waals surface area (Å²) in [5.41, 5.74) is 6.34. The molecule has 1 amide bonds. The molecule has 0 unspecified atom stereocenters.